The van der Waals surface area contributed by atoms with Crippen LogP contribution in [0.3, 0.4) is 0 Å². The number of aryl methyl sites for hydroxylation is 1. The van der Waals surface area contributed by atoms with Crippen LogP contribution in [0.2, 0.25) is 0 Å². The molecule has 9 heteroatoms. The maximum Gasteiger partial charge on any atom is 0.330 e. The van der Waals surface area contributed by atoms with Gasteiger partial charge in [0.1, 0.15) is 18.3 Å². The first-order valence-corrected chi connectivity index (χ1v) is 8.41. The van der Waals surface area contributed by atoms with Crippen molar-refractivity contribution < 1.29 is 24.4 Å². The molecule has 0 amide bonds. The van der Waals surface area contributed by atoms with Crippen LogP contribution in [-0.4, -0.2) is 64.0 Å². The van der Waals surface area contributed by atoms with Crippen LogP contribution in [-0.2, 0) is 14.2 Å². The number of ether oxygens (including phenoxy) is 3. The molecule has 2 aliphatic rings. The number of hydrogen-bond donors (Lipinski definition) is 3. The number of nitrogens with zero attached hydrogens (tertiary/aromatic N) is 1. The molecule has 2 heterocycles. The molecule has 2 fully saturated rings. The van der Waals surface area contributed by atoms with Gasteiger partial charge in [-0.1, -0.05) is 0 Å². The van der Waals surface area contributed by atoms with E-state index in [1.807, 2.05) is 0 Å². The number of aliphatic hydroxyl groups excluding tert-OH is 2. The van der Waals surface area contributed by atoms with Crippen molar-refractivity contribution in [3.8, 4) is 0 Å². The Balaban J connectivity index is 1.91. The second-order valence-electron chi connectivity index (χ2n) is 6.56. The smallest absolute Gasteiger partial charge is 0.330 e. The number of aromatic amines is 1. The van der Waals surface area contributed by atoms with Crippen LogP contribution in [0, 0.1) is 6.92 Å². The Bertz CT molecular complexity index is 715. The zero-order valence-electron chi connectivity index (χ0n) is 14.3. The van der Waals surface area contributed by atoms with Gasteiger partial charge in [-0.05, 0) is 26.2 Å². The summed E-state index contributed by atoms with van der Waals surface area (Å²) in [6.07, 6.45) is -0.162. The van der Waals surface area contributed by atoms with E-state index in [1.165, 1.54) is 10.8 Å². The zero-order chi connectivity index (χ0) is 18.1. The number of aromatic nitrogens is 2. The summed E-state index contributed by atoms with van der Waals surface area (Å²) in [4.78, 5) is 26.0. The minimum atomic E-state index is -1.10. The number of methoxy groups -OCH3 is 1. The fourth-order valence-corrected chi connectivity index (χ4v) is 3.53. The highest BCUT2D eigenvalue weighted by molar-refractivity contribution is 5.03. The Morgan fingerprint density at radius 2 is 2.08 bits per heavy atom. The van der Waals surface area contributed by atoms with Gasteiger partial charge in [-0.15, -0.1) is 0 Å². The number of rotatable bonds is 5. The van der Waals surface area contributed by atoms with Crippen molar-refractivity contribution in [3.63, 3.8) is 0 Å². The zero-order valence-corrected chi connectivity index (χ0v) is 14.3. The molecule has 0 aromatic carbocycles. The van der Waals surface area contributed by atoms with Crippen LogP contribution in [0.5, 0.6) is 0 Å². The molecule has 0 spiro atoms. The standard InChI is InChI=1S/C16H24N2O7/c1-8-6-18(16(22)17-14(8)21)15-13(12(20)11(7-19)25-15)24-10-5-3-4-9(10)23-2/h6,9-13,15,19-20H,3-5,7H2,1-2H3,(H,17,21,22)/t9-,10-,11-,12+,13?,15-/m1/s1. The van der Waals surface area contributed by atoms with Gasteiger partial charge >= 0.3 is 5.69 Å². The largest absolute Gasteiger partial charge is 0.394 e. The highest BCUT2D eigenvalue weighted by Gasteiger charge is 2.48. The van der Waals surface area contributed by atoms with E-state index in [4.69, 9.17) is 14.2 Å². The van der Waals surface area contributed by atoms with E-state index in [0.29, 0.717) is 5.56 Å². The fourth-order valence-electron chi connectivity index (χ4n) is 3.53. The molecule has 1 aliphatic heterocycles. The summed E-state index contributed by atoms with van der Waals surface area (Å²) in [5.74, 6) is 0. The first-order chi connectivity index (χ1) is 12.0. The molecule has 0 bridgehead atoms. The van der Waals surface area contributed by atoms with Crippen LogP contribution in [0.25, 0.3) is 0 Å². The van der Waals surface area contributed by atoms with Crippen molar-refractivity contribution in [3.05, 3.63) is 32.6 Å². The predicted octanol–water partition coefficient (Wildman–Crippen LogP) is -0.952. The third-order valence-corrected chi connectivity index (χ3v) is 4.94. The molecule has 1 aromatic rings. The van der Waals surface area contributed by atoms with Gasteiger partial charge in [0.15, 0.2) is 6.23 Å². The summed E-state index contributed by atoms with van der Waals surface area (Å²) in [7, 11) is 1.61. The van der Waals surface area contributed by atoms with Crippen LogP contribution in [0.15, 0.2) is 15.8 Å². The fraction of sp³-hybridized carbons (Fsp3) is 0.750. The van der Waals surface area contributed by atoms with Crippen LogP contribution in [0.4, 0.5) is 0 Å². The van der Waals surface area contributed by atoms with Crippen LogP contribution >= 0.6 is 0 Å². The lowest BCUT2D eigenvalue weighted by atomic mass is 10.1. The minimum absolute atomic E-state index is 0.0879. The normalized spacial score (nSPS) is 35.4. The Kier molecular flexibility index (Phi) is 5.40. The van der Waals surface area contributed by atoms with Crippen molar-refractivity contribution in [1.82, 2.24) is 9.55 Å². The summed E-state index contributed by atoms with van der Waals surface area (Å²) >= 11 is 0. The van der Waals surface area contributed by atoms with Gasteiger partial charge in [0.25, 0.3) is 5.56 Å². The maximum atomic E-state index is 12.2. The van der Waals surface area contributed by atoms with E-state index in [1.54, 1.807) is 14.0 Å². The van der Waals surface area contributed by atoms with E-state index < -0.39 is 42.4 Å². The van der Waals surface area contributed by atoms with Crippen molar-refractivity contribution in [1.29, 1.82) is 0 Å². The molecule has 6 atom stereocenters. The highest BCUT2D eigenvalue weighted by atomic mass is 16.6. The summed E-state index contributed by atoms with van der Waals surface area (Å²) in [6.45, 7) is 1.16. The average molecular weight is 356 g/mol. The minimum Gasteiger partial charge on any atom is -0.394 e. The molecule has 1 aromatic heterocycles. The van der Waals surface area contributed by atoms with E-state index >= 15 is 0 Å². The molecule has 25 heavy (non-hydrogen) atoms. The van der Waals surface area contributed by atoms with Crippen molar-refractivity contribution in [2.24, 2.45) is 0 Å². The second kappa shape index (κ2) is 7.38. The molecule has 9 nitrogen and oxygen atoms in total. The van der Waals surface area contributed by atoms with Gasteiger partial charge in [-0.2, -0.15) is 0 Å². The molecule has 1 aliphatic carbocycles. The van der Waals surface area contributed by atoms with Gasteiger partial charge in [0.2, 0.25) is 0 Å². The molecule has 1 saturated heterocycles. The first kappa shape index (κ1) is 18.3. The quantitative estimate of drug-likeness (QED) is 0.621. The van der Waals surface area contributed by atoms with Gasteiger partial charge in [-0.3, -0.25) is 14.3 Å². The van der Waals surface area contributed by atoms with Gasteiger partial charge < -0.3 is 24.4 Å². The molecule has 1 saturated carbocycles. The summed E-state index contributed by atoms with van der Waals surface area (Å²) in [5, 5.41) is 19.9. The monoisotopic (exact) mass is 356 g/mol. The molecule has 3 rings (SSSR count). The van der Waals surface area contributed by atoms with Gasteiger partial charge in [0.05, 0.1) is 18.8 Å². The lowest BCUT2D eigenvalue weighted by Crippen LogP contribution is -2.43. The van der Waals surface area contributed by atoms with E-state index in [9.17, 15) is 19.8 Å². The SMILES string of the molecule is CO[C@@H]1CCC[C@H]1OC1[C@@H](O)[C@@H](CO)O[C@H]1n1cc(C)c(=O)[nH]c1=O. The van der Waals surface area contributed by atoms with E-state index in [2.05, 4.69) is 4.98 Å². The summed E-state index contributed by atoms with van der Waals surface area (Å²) in [5.41, 5.74) is -0.805. The number of nitrogens with one attached hydrogen (secondary N) is 1. The van der Waals surface area contributed by atoms with Crippen LogP contribution < -0.4 is 11.2 Å². The second-order valence-corrected chi connectivity index (χ2v) is 6.56. The topological polar surface area (TPSA) is 123 Å². The molecule has 140 valence electrons. The average Bonchev–Trinajstić information content (AvgIpc) is 3.16. The Hall–Kier alpha value is -1.52. The first-order valence-electron chi connectivity index (χ1n) is 8.41. The summed E-state index contributed by atoms with van der Waals surface area (Å²) < 4.78 is 18.3. The Morgan fingerprint density at radius 3 is 2.76 bits per heavy atom. The van der Waals surface area contributed by atoms with Gasteiger partial charge in [0, 0.05) is 18.9 Å². The third kappa shape index (κ3) is 3.42. The van der Waals surface area contributed by atoms with Crippen LogP contribution in [0.1, 0.15) is 31.1 Å². The molecule has 1 unspecified atom stereocenters. The number of hydrogen-bond acceptors (Lipinski definition) is 7. The third-order valence-electron chi connectivity index (χ3n) is 4.94. The molecule has 0 radical (unpaired) electrons. The van der Waals surface area contributed by atoms with Crippen molar-refractivity contribution in [2.75, 3.05) is 13.7 Å². The molecular formula is C16H24N2O7. The summed E-state index contributed by atoms with van der Waals surface area (Å²) in [6, 6.07) is 0. The van der Waals surface area contributed by atoms with Crippen molar-refractivity contribution >= 4 is 0 Å². The van der Waals surface area contributed by atoms with Crippen molar-refractivity contribution in [2.45, 2.75) is 62.9 Å². The van der Waals surface area contributed by atoms with E-state index in [-0.39, 0.29) is 12.2 Å². The van der Waals surface area contributed by atoms with Gasteiger partial charge in [-0.25, -0.2) is 4.79 Å². The lowest BCUT2D eigenvalue weighted by Gasteiger charge is -2.28. The Morgan fingerprint density at radius 1 is 1.36 bits per heavy atom. The Labute approximate surface area is 144 Å². The lowest BCUT2D eigenvalue weighted by molar-refractivity contribution is -0.130. The maximum absolute atomic E-state index is 12.2. The molecular weight excluding hydrogens is 332 g/mol. The number of aliphatic hydroxyl groups is 2. The van der Waals surface area contributed by atoms with E-state index in [0.717, 1.165) is 19.3 Å². The predicted molar refractivity (Wildman–Crippen MR) is 86.4 cm³/mol. The molecule has 3 N–H and O–H groups in total. The number of H-pyrrole nitrogens is 1. The highest BCUT2D eigenvalue weighted by Crippen LogP contribution is 2.35.